The zero-order valence-electron chi connectivity index (χ0n) is 10.3. The van der Waals surface area contributed by atoms with E-state index in [9.17, 15) is 4.79 Å². The summed E-state index contributed by atoms with van der Waals surface area (Å²) in [5.74, 6) is -1.03. The van der Waals surface area contributed by atoms with Crippen molar-refractivity contribution in [1.82, 2.24) is 10.2 Å². The van der Waals surface area contributed by atoms with Gasteiger partial charge in [0.1, 0.15) is 17.4 Å². The minimum atomic E-state index is -0.765. The maximum Gasteiger partial charge on any atom is 0.264 e. The lowest BCUT2D eigenvalue weighted by Gasteiger charge is -2.16. The third-order valence-corrected chi connectivity index (χ3v) is 3.77. The van der Waals surface area contributed by atoms with E-state index in [0.717, 1.165) is 5.01 Å². The molecule has 1 amide bonds. The monoisotopic (exact) mass is 343 g/mol. The number of nitrogens with one attached hydrogen (secondary N) is 1. The molecule has 9 heteroatoms. The second-order valence-electron chi connectivity index (χ2n) is 4.33. The number of nitrogens with two attached hydrogens (primary N) is 1. The lowest BCUT2D eigenvalue weighted by molar-refractivity contribution is -0.118. The molecule has 3 N–H and O–H groups in total. The molecule has 1 atom stereocenters. The van der Waals surface area contributed by atoms with Crippen molar-refractivity contribution in [2.45, 2.75) is 5.92 Å². The van der Waals surface area contributed by atoms with Crippen LogP contribution in [0, 0.1) is 0 Å². The first-order chi connectivity index (χ1) is 9.99. The first-order valence-corrected chi connectivity index (χ1v) is 6.94. The highest BCUT2D eigenvalue weighted by atomic mass is 35.5. The van der Waals surface area contributed by atoms with Gasteiger partial charge in [-0.1, -0.05) is 34.8 Å². The maximum absolute atomic E-state index is 12.5. The normalized spacial score (nSPS) is 18.2. The number of aromatic amines is 1. The molecule has 21 heavy (non-hydrogen) atoms. The van der Waals surface area contributed by atoms with Crippen LogP contribution in [0.4, 0.5) is 5.69 Å². The number of rotatable bonds is 2. The van der Waals surface area contributed by atoms with Gasteiger partial charge >= 0.3 is 0 Å². The Bertz CT molecular complexity index is 720. The summed E-state index contributed by atoms with van der Waals surface area (Å²) in [5, 5.41) is 12.5. The quantitative estimate of drug-likeness (QED) is 0.878. The molecule has 0 spiro atoms. The number of carbonyl (C=O) groups is 1. The molecular formula is C12H8Cl3N5O. The first kappa shape index (κ1) is 14.2. The van der Waals surface area contributed by atoms with Gasteiger partial charge in [-0.3, -0.25) is 9.89 Å². The van der Waals surface area contributed by atoms with Gasteiger partial charge in [-0.15, -0.1) is 0 Å². The Balaban J connectivity index is 2.05. The van der Waals surface area contributed by atoms with Crippen molar-refractivity contribution in [2.75, 3.05) is 5.01 Å². The van der Waals surface area contributed by atoms with Gasteiger partial charge in [-0.2, -0.15) is 15.2 Å². The Morgan fingerprint density at radius 1 is 1.24 bits per heavy atom. The smallest absolute Gasteiger partial charge is 0.264 e. The van der Waals surface area contributed by atoms with E-state index in [-0.39, 0.29) is 27.5 Å². The van der Waals surface area contributed by atoms with E-state index in [1.807, 2.05) is 0 Å². The van der Waals surface area contributed by atoms with Crippen LogP contribution in [0.1, 0.15) is 11.6 Å². The van der Waals surface area contributed by atoms with Crippen molar-refractivity contribution < 1.29 is 4.79 Å². The van der Waals surface area contributed by atoms with Crippen molar-refractivity contribution in [3.63, 3.8) is 0 Å². The molecule has 1 aromatic carbocycles. The molecule has 0 saturated heterocycles. The predicted molar refractivity (Wildman–Crippen MR) is 81.9 cm³/mol. The number of nitrogens with zero attached hydrogens (tertiary/aromatic N) is 3. The van der Waals surface area contributed by atoms with E-state index >= 15 is 0 Å². The Hall–Kier alpha value is -1.76. The highest BCUT2D eigenvalue weighted by Crippen LogP contribution is 2.39. The lowest BCUT2D eigenvalue weighted by Crippen LogP contribution is -2.28. The molecule has 2 aromatic rings. The fourth-order valence-electron chi connectivity index (χ4n) is 2.08. The van der Waals surface area contributed by atoms with Crippen LogP contribution in [0.2, 0.25) is 15.1 Å². The van der Waals surface area contributed by atoms with Crippen molar-refractivity contribution >= 4 is 52.2 Å². The summed E-state index contributed by atoms with van der Waals surface area (Å²) in [5.41, 5.74) is 6.56. The second-order valence-corrected chi connectivity index (χ2v) is 5.58. The molecule has 0 bridgehead atoms. The molecule has 1 unspecified atom stereocenters. The van der Waals surface area contributed by atoms with Crippen LogP contribution in [0.15, 0.2) is 29.5 Å². The minimum absolute atomic E-state index is 0.120. The number of amides is 1. The van der Waals surface area contributed by atoms with Crippen molar-refractivity contribution in [3.8, 4) is 0 Å². The van der Waals surface area contributed by atoms with Crippen LogP contribution in [-0.4, -0.2) is 21.9 Å². The fourth-order valence-corrected chi connectivity index (χ4v) is 3.06. The summed E-state index contributed by atoms with van der Waals surface area (Å²) < 4.78 is 0. The number of H-pyrrole nitrogens is 1. The molecule has 108 valence electrons. The van der Waals surface area contributed by atoms with Gasteiger partial charge in [0.25, 0.3) is 5.91 Å². The van der Waals surface area contributed by atoms with E-state index in [0.29, 0.717) is 10.7 Å². The van der Waals surface area contributed by atoms with Crippen LogP contribution >= 0.6 is 34.8 Å². The lowest BCUT2D eigenvalue weighted by atomic mass is 10.0. The minimum Gasteiger partial charge on any atom is -0.385 e. The molecule has 0 saturated carbocycles. The van der Waals surface area contributed by atoms with Crippen LogP contribution in [0.25, 0.3) is 0 Å². The maximum atomic E-state index is 12.5. The highest BCUT2D eigenvalue weighted by Gasteiger charge is 2.39. The van der Waals surface area contributed by atoms with E-state index in [2.05, 4.69) is 15.3 Å². The molecule has 0 radical (unpaired) electrons. The number of hydrazone groups is 1. The summed E-state index contributed by atoms with van der Waals surface area (Å²) in [6, 6.07) is 4.61. The van der Waals surface area contributed by atoms with Crippen molar-refractivity contribution in [1.29, 1.82) is 0 Å². The number of carbonyl (C=O) groups excluding carboxylic acids is 1. The zero-order valence-corrected chi connectivity index (χ0v) is 12.6. The summed E-state index contributed by atoms with van der Waals surface area (Å²) >= 11 is 18.1. The molecule has 3 rings (SSSR count). The Morgan fingerprint density at radius 3 is 2.48 bits per heavy atom. The Morgan fingerprint density at radius 2 is 1.90 bits per heavy atom. The molecule has 1 aromatic heterocycles. The molecule has 1 aliphatic heterocycles. The number of benzene rings is 1. The van der Waals surface area contributed by atoms with Gasteiger partial charge in [0.2, 0.25) is 0 Å². The fraction of sp³-hybridized carbons (Fsp3) is 0.0833. The number of amidine groups is 1. The van der Waals surface area contributed by atoms with Gasteiger partial charge in [-0.05, 0) is 18.2 Å². The summed E-state index contributed by atoms with van der Waals surface area (Å²) in [4.78, 5) is 12.5. The van der Waals surface area contributed by atoms with Crippen molar-refractivity contribution in [3.05, 3.63) is 45.2 Å². The van der Waals surface area contributed by atoms with Crippen LogP contribution in [0.5, 0.6) is 0 Å². The predicted octanol–water partition coefficient (Wildman–Crippen LogP) is 2.77. The topological polar surface area (TPSA) is 87.4 Å². The Labute approximate surface area is 134 Å². The molecule has 0 aliphatic carbocycles. The standard InChI is InChI=1S/C12H8Cl3N5O/c13-5-3-6(14)10(7(15)4-5)20-12(21)9(11(16)19-20)8-1-2-17-18-8/h1-4,9H,(H2,16,19)(H,17,18). The van der Waals surface area contributed by atoms with Crippen LogP contribution in [0.3, 0.4) is 0 Å². The highest BCUT2D eigenvalue weighted by molar-refractivity contribution is 6.42. The number of hydrogen-bond donors (Lipinski definition) is 2. The molecule has 6 nitrogen and oxygen atoms in total. The van der Waals surface area contributed by atoms with E-state index in [1.54, 1.807) is 12.3 Å². The van der Waals surface area contributed by atoms with Crippen molar-refractivity contribution in [2.24, 2.45) is 10.8 Å². The number of aromatic nitrogens is 2. The van der Waals surface area contributed by atoms with E-state index in [1.165, 1.54) is 12.1 Å². The Kier molecular flexibility index (Phi) is 3.52. The zero-order chi connectivity index (χ0) is 15.1. The molecule has 0 fully saturated rings. The third kappa shape index (κ3) is 2.35. The van der Waals surface area contributed by atoms with Gasteiger partial charge in [-0.25, -0.2) is 0 Å². The number of halogens is 3. The largest absolute Gasteiger partial charge is 0.385 e. The summed E-state index contributed by atoms with van der Waals surface area (Å²) in [6.45, 7) is 0. The SMILES string of the molecule is NC1=NN(c2c(Cl)cc(Cl)cc2Cl)C(=O)C1c1cc[nH]n1. The van der Waals surface area contributed by atoms with Gasteiger partial charge < -0.3 is 5.73 Å². The van der Waals surface area contributed by atoms with Gasteiger partial charge in [0.15, 0.2) is 0 Å². The third-order valence-electron chi connectivity index (χ3n) is 2.98. The number of anilines is 1. The molecule has 1 aliphatic rings. The number of hydrogen-bond acceptors (Lipinski definition) is 4. The van der Waals surface area contributed by atoms with E-state index in [4.69, 9.17) is 40.5 Å². The molecule has 2 heterocycles. The van der Waals surface area contributed by atoms with Gasteiger partial charge in [0, 0.05) is 11.2 Å². The van der Waals surface area contributed by atoms with Crippen LogP contribution in [-0.2, 0) is 4.79 Å². The van der Waals surface area contributed by atoms with E-state index < -0.39 is 5.92 Å². The average Bonchev–Trinajstić information content (AvgIpc) is 2.98. The summed E-state index contributed by atoms with van der Waals surface area (Å²) in [7, 11) is 0. The average molecular weight is 345 g/mol. The van der Waals surface area contributed by atoms with Gasteiger partial charge in [0.05, 0.1) is 15.7 Å². The van der Waals surface area contributed by atoms with Crippen LogP contribution < -0.4 is 10.7 Å². The second kappa shape index (κ2) is 5.22. The summed E-state index contributed by atoms with van der Waals surface area (Å²) in [6.07, 6.45) is 1.60. The first-order valence-electron chi connectivity index (χ1n) is 5.81. The molecular weight excluding hydrogens is 337 g/mol.